The summed E-state index contributed by atoms with van der Waals surface area (Å²) in [5, 5.41) is 7.77. The van der Waals surface area contributed by atoms with Gasteiger partial charge in [-0.1, -0.05) is 18.5 Å². The van der Waals surface area contributed by atoms with E-state index >= 15 is 0 Å². The predicted molar refractivity (Wildman–Crippen MR) is 75.1 cm³/mol. The number of halogens is 1. The van der Waals surface area contributed by atoms with Crippen molar-refractivity contribution < 1.29 is 0 Å². The number of rotatable bonds is 5. The van der Waals surface area contributed by atoms with Gasteiger partial charge >= 0.3 is 0 Å². The van der Waals surface area contributed by atoms with E-state index in [1.54, 1.807) is 12.4 Å². The summed E-state index contributed by atoms with van der Waals surface area (Å²) in [6.07, 6.45) is 4.19. The number of anilines is 2. The highest BCUT2D eigenvalue weighted by atomic mass is 35.5. The lowest BCUT2D eigenvalue weighted by atomic mass is 10.5. The van der Waals surface area contributed by atoms with Gasteiger partial charge in [0, 0.05) is 20.6 Å². The molecule has 0 spiro atoms. The van der Waals surface area contributed by atoms with Crippen molar-refractivity contribution in [2.24, 2.45) is 0 Å². The zero-order chi connectivity index (χ0) is 13.8. The fraction of sp³-hybridized carbons (Fsp3) is 0.455. The zero-order valence-corrected chi connectivity index (χ0v) is 11.9. The Morgan fingerprint density at radius 1 is 1.32 bits per heavy atom. The molecular weight excluding hydrogens is 266 g/mol. The van der Waals surface area contributed by atoms with E-state index in [4.69, 9.17) is 11.6 Å². The van der Waals surface area contributed by atoms with Gasteiger partial charge in [-0.25, -0.2) is 4.68 Å². The van der Waals surface area contributed by atoms with Crippen LogP contribution in [0, 0.1) is 0 Å². The van der Waals surface area contributed by atoms with E-state index < -0.39 is 0 Å². The third kappa shape index (κ3) is 3.31. The van der Waals surface area contributed by atoms with Crippen LogP contribution in [0.5, 0.6) is 0 Å². The second-order valence-corrected chi connectivity index (χ2v) is 4.62. The Balaban J connectivity index is 2.39. The average Bonchev–Trinajstić information content (AvgIpc) is 2.82. The van der Waals surface area contributed by atoms with Crippen molar-refractivity contribution in [3.8, 4) is 5.95 Å². The molecule has 0 saturated carbocycles. The minimum atomic E-state index is 0.434. The highest BCUT2D eigenvalue weighted by Crippen LogP contribution is 2.13. The first-order valence-electron chi connectivity index (χ1n) is 5.98. The molecule has 0 amide bonds. The van der Waals surface area contributed by atoms with Crippen LogP contribution in [-0.2, 0) is 0 Å². The van der Waals surface area contributed by atoms with E-state index in [0.717, 1.165) is 13.0 Å². The highest BCUT2D eigenvalue weighted by Gasteiger charge is 2.10. The van der Waals surface area contributed by atoms with Crippen molar-refractivity contribution >= 4 is 23.5 Å². The van der Waals surface area contributed by atoms with Crippen molar-refractivity contribution in [3.05, 3.63) is 17.4 Å². The molecular formula is C11H16ClN7. The van der Waals surface area contributed by atoms with Gasteiger partial charge in [0.05, 0.1) is 17.4 Å². The zero-order valence-electron chi connectivity index (χ0n) is 11.1. The molecule has 0 unspecified atom stereocenters. The Kier molecular flexibility index (Phi) is 4.16. The molecule has 0 bridgehead atoms. The Hall–Kier alpha value is -1.89. The number of hydrogen-bond acceptors (Lipinski definition) is 6. The first-order valence-corrected chi connectivity index (χ1v) is 6.35. The fourth-order valence-corrected chi connectivity index (χ4v) is 1.52. The summed E-state index contributed by atoms with van der Waals surface area (Å²) in [7, 11) is 3.75. The van der Waals surface area contributed by atoms with Crippen LogP contribution in [0.2, 0.25) is 5.02 Å². The van der Waals surface area contributed by atoms with Crippen molar-refractivity contribution in [3.63, 3.8) is 0 Å². The molecule has 8 heteroatoms. The van der Waals surface area contributed by atoms with Gasteiger partial charge in [-0.05, 0) is 6.42 Å². The van der Waals surface area contributed by atoms with Crippen LogP contribution in [0.1, 0.15) is 13.3 Å². The average molecular weight is 282 g/mol. The van der Waals surface area contributed by atoms with Crippen molar-refractivity contribution in [2.75, 3.05) is 30.9 Å². The van der Waals surface area contributed by atoms with E-state index in [1.165, 1.54) is 4.68 Å². The van der Waals surface area contributed by atoms with E-state index in [1.807, 2.05) is 19.0 Å². The molecule has 7 nitrogen and oxygen atoms in total. The quantitative estimate of drug-likeness (QED) is 0.897. The van der Waals surface area contributed by atoms with Gasteiger partial charge in [-0.15, -0.1) is 0 Å². The molecule has 102 valence electrons. The van der Waals surface area contributed by atoms with Gasteiger partial charge in [0.25, 0.3) is 5.95 Å². The minimum absolute atomic E-state index is 0.434. The smallest absolute Gasteiger partial charge is 0.257 e. The van der Waals surface area contributed by atoms with Crippen LogP contribution in [0.15, 0.2) is 12.4 Å². The monoisotopic (exact) mass is 281 g/mol. The third-order valence-electron chi connectivity index (χ3n) is 2.30. The Morgan fingerprint density at radius 2 is 2.11 bits per heavy atom. The maximum Gasteiger partial charge on any atom is 0.257 e. The number of nitrogens with zero attached hydrogens (tertiary/aromatic N) is 6. The lowest BCUT2D eigenvalue weighted by Gasteiger charge is -2.13. The maximum atomic E-state index is 5.86. The summed E-state index contributed by atoms with van der Waals surface area (Å²) in [5.41, 5.74) is 0. The molecule has 2 heterocycles. The molecule has 0 atom stereocenters. The lowest BCUT2D eigenvalue weighted by molar-refractivity contribution is 0.786. The summed E-state index contributed by atoms with van der Waals surface area (Å²) >= 11 is 5.86. The summed E-state index contributed by atoms with van der Waals surface area (Å²) in [5.74, 6) is 1.53. The molecule has 2 aromatic heterocycles. The van der Waals surface area contributed by atoms with Crippen LogP contribution in [0.3, 0.4) is 0 Å². The predicted octanol–water partition coefficient (Wildman–Crippen LogP) is 1.60. The molecule has 2 rings (SSSR count). The summed E-state index contributed by atoms with van der Waals surface area (Å²) in [6.45, 7) is 2.88. The molecule has 0 aliphatic heterocycles. The normalized spacial score (nSPS) is 10.5. The van der Waals surface area contributed by atoms with Gasteiger partial charge in [-0.2, -0.15) is 20.1 Å². The first-order chi connectivity index (χ1) is 9.10. The second-order valence-electron chi connectivity index (χ2n) is 4.18. The van der Waals surface area contributed by atoms with Gasteiger partial charge in [0.1, 0.15) is 0 Å². The summed E-state index contributed by atoms with van der Waals surface area (Å²) < 4.78 is 1.52. The number of hydrogen-bond donors (Lipinski definition) is 1. The van der Waals surface area contributed by atoms with Crippen LogP contribution < -0.4 is 10.2 Å². The second kappa shape index (κ2) is 5.83. The largest absolute Gasteiger partial charge is 0.354 e. The van der Waals surface area contributed by atoms with Gasteiger partial charge < -0.3 is 10.2 Å². The molecule has 0 radical (unpaired) electrons. The minimum Gasteiger partial charge on any atom is -0.354 e. The van der Waals surface area contributed by atoms with Gasteiger partial charge in [0.15, 0.2) is 0 Å². The van der Waals surface area contributed by atoms with E-state index in [0.29, 0.717) is 22.9 Å². The van der Waals surface area contributed by atoms with E-state index in [2.05, 4.69) is 32.3 Å². The molecule has 2 aromatic rings. The molecule has 0 fully saturated rings. The van der Waals surface area contributed by atoms with E-state index in [9.17, 15) is 0 Å². The standard InChI is InChI=1S/C11H16ClN7/c1-4-5-13-9-15-10(18(2)3)17-11(16-9)19-7-8(12)6-14-19/h6-7H,4-5H2,1-3H3,(H,13,15,16,17). The molecule has 1 N–H and O–H groups in total. The number of nitrogens with one attached hydrogen (secondary N) is 1. The molecule has 19 heavy (non-hydrogen) atoms. The van der Waals surface area contributed by atoms with Crippen LogP contribution in [-0.4, -0.2) is 45.4 Å². The summed E-state index contributed by atoms with van der Waals surface area (Å²) in [4.78, 5) is 14.8. The van der Waals surface area contributed by atoms with Crippen molar-refractivity contribution in [1.82, 2.24) is 24.7 Å². The molecule has 0 aromatic carbocycles. The SMILES string of the molecule is CCCNc1nc(N(C)C)nc(-n2cc(Cl)cn2)n1. The molecule has 0 saturated heterocycles. The van der Waals surface area contributed by atoms with Crippen molar-refractivity contribution in [2.45, 2.75) is 13.3 Å². The fourth-order valence-electron chi connectivity index (χ4n) is 1.38. The van der Waals surface area contributed by atoms with Crippen molar-refractivity contribution in [1.29, 1.82) is 0 Å². The molecule has 0 aliphatic rings. The summed E-state index contributed by atoms with van der Waals surface area (Å²) in [6, 6.07) is 0. The first kappa shape index (κ1) is 13.5. The van der Waals surface area contributed by atoms with Gasteiger partial charge in [-0.3, -0.25) is 0 Å². The van der Waals surface area contributed by atoms with Crippen LogP contribution in [0.4, 0.5) is 11.9 Å². The Morgan fingerprint density at radius 3 is 2.68 bits per heavy atom. The Bertz CT molecular complexity index is 552. The topological polar surface area (TPSA) is 71.8 Å². The van der Waals surface area contributed by atoms with Crippen LogP contribution >= 0.6 is 11.6 Å². The molecule has 0 aliphatic carbocycles. The third-order valence-corrected chi connectivity index (χ3v) is 2.50. The van der Waals surface area contributed by atoms with E-state index in [-0.39, 0.29) is 0 Å². The maximum absolute atomic E-state index is 5.86. The van der Waals surface area contributed by atoms with Crippen LogP contribution in [0.25, 0.3) is 5.95 Å². The van der Waals surface area contributed by atoms with Gasteiger partial charge in [0.2, 0.25) is 11.9 Å². The lowest BCUT2D eigenvalue weighted by Crippen LogP contribution is -2.17. The number of aromatic nitrogens is 5. The highest BCUT2D eigenvalue weighted by molar-refractivity contribution is 6.30. The Labute approximate surface area is 116 Å².